The van der Waals surface area contributed by atoms with E-state index in [4.69, 9.17) is 4.52 Å². The second kappa shape index (κ2) is 9.37. The van der Waals surface area contributed by atoms with Crippen LogP contribution < -0.4 is 5.32 Å². The fourth-order valence-electron chi connectivity index (χ4n) is 11.7. The summed E-state index contributed by atoms with van der Waals surface area (Å²) in [5.74, 6) is 1.90. The number of nitriles is 1. The number of aromatic nitrogens is 1. The Labute approximate surface area is 252 Å². The van der Waals surface area contributed by atoms with E-state index in [0.29, 0.717) is 30.2 Å². The van der Waals surface area contributed by atoms with Gasteiger partial charge in [-0.15, -0.1) is 0 Å². The molecule has 0 saturated heterocycles. The lowest BCUT2D eigenvalue weighted by molar-refractivity contribution is -0.222. The average Bonchev–Trinajstić information content (AvgIpc) is 3.33. The molecular weight excluding hydrogens is 522 g/mol. The highest BCUT2D eigenvalue weighted by atomic mass is 16.5. The first-order valence-electron chi connectivity index (χ1n) is 16.4. The molecule has 6 nitrogen and oxygen atoms in total. The van der Waals surface area contributed by atoms with Gasteiger partial charge in [0.25, 0.3) is 0 Å². The standard InChI is InChI=1S/C36H51N3O3/c1-22-15-24(39-42-22)20-38-21-36-13-11-31(2,3)18-25(36)29-26(40)16-28-33(6)17-23(19-37)30(41)32(4,5)27(33)9-10-34(28,7)35(29,8)12-14-36/h15,17,25,27-29,38H,9-14,16,18,20-21H2,1-8H3/t25-,27+,28-,29+,33+,34-,35-,36-/m1/s1. The molecule has 0 spiro atoms. The van der Waals surface area contributed by atoms with Gasteiger partial charge in [-0.2, -0.15) is 5.26 Å². The highest BCUT2D eigenvalue weighted by Gasteiger charge is 2.72. The molecule has 0 aromatic carbocycles. The largest absolute Gasteiger partial charge is 0.361 e. The molecule has 1 aromatic heterocycles. The number of hydrogen-bond acceptors (Lipinski definition) is 6. The molecule has 6 rings (SSSR count). The number of carbonyl (C=O) groups excluding carboxylic acids is 2. The Morgan fingerprint density at radius 3 is 2.38 bits per heavy atom. The van der Waals surface area contributed by atoms with E-state index in [1.54, 1.807) is 0 Å². The van der Waals surface area contributed by atoms with Gasteiger partial charge in [-0.05, 0) is 96.7 Å². The van der Waals surface area contributed by atoms with Gasteiger partial charge >= 0.3 is 0 Å². The second-order valence-electron chi connectivity index (χ2n) is 17.1. The number of carbonyl (C=O) groups is 2. The van der Waals surface area contributed by atoms with E-state index in [-0.39, 0.29) is 50.6 Å². The molecule has 4 fully saturated rings. The predicted molar refractivity (Wildman–Crippen MR) is 162 cm³/mol. The third-order valence-electron chi connectivity index (χ3n) is 14.1. The molecule has 0 amide bonds. The van der Waals surface area contributed by atoms with Crippen LogP contribution in [0.4, 0.5) is 0 Å². The highest BCUT2D eigenvalue weighted by Crippen LogP contribution is 2.75. The maximum atomic E-state index is 14.7. The van der Waals surface area contributed by atoms with Crippen LogP contribution in [-0.4, -0.2) is 23.3 Å². The summed E-state index contributed by atoms with van der Waals surface area (Å²) in [6, 6.07) is 4.24. The first-order chi connectivity index (χ1) is 19.5. The SMILES string of the molecule is Cc1cc(CNC[C@]23CCC(C)(C)C[C@@H]2[C@H]2C(=O)C[C@@H]4[C@@]5(C)C=C(C#N)C(=O)C(C)(C)[C@@H]5CC[C@@]4(C)[C@]2(C)CC3)no1. The molecule has 0 aliphatic heterocycles. The molecule has 228 valence electrons. The van der Waals surface area contributed by atoms with Crippen molar-refractivity contribution < 1.29 is 14.1 Å². The second-order valence-corrected chi connectivity index (χ2v) is 17.1. The fourth-order valence-corrected chi connectivity index (χ4v) is 11.7. The van der Waals surface area contributed by atoms with Crippen molar-refractivity contribution in [3.8, 4) is 6.07 Å². The lowest BCUT2D eigenvalue weighted by Crippen LogP contribution is -2.69. The first-order valence-corrected chi connectivity index (χ1v) is 16.4. The number of rotatable bonds is 4. The van der Waals surface area contributed by atoms with Crippen LogP contribution in [0.15, 0.2) is 22.2 Å². The Morgan fingerprint density at radius 2 is 1.71 bits per heavy atom. The fraction of sp³-hybridized carbons (Fsp3) is 0.778. The molecular formula is C36H51N3O3. The molecule has 5 aliphatic carbocycles. The van der Waals surface area contributed by atoms with Crippen LogP contribution in [0.1, 0.15) is 111 Å². The molecule has 42 heavy (non-hydrogen) atoms. The van der Waals surface area contributed by atoms with Crippen LogP contribution in [0.5, 0.6) is 0 Å². The summed E-state index contributed by atoms with van der Waals surface area (Å²) in [5.41, 5.74) is 0.456. The smallest absolute Gasteiger partial charge is 0.178 e. The van der Waals surface area contributed by atoms with Gasteiger partial charge in [0.1, 0.15) is 17.6 Å². The summed E-state index contributed by atoms with van der Waals surface area (Å²) in [7, 11) is 0. The van der Waals surface area contributed by atoms with Gasteiger partial charge in [0, 0.05) is 36.9 Å². The summed E-state index contributed by atoms with van der Waals surface area (Å²) < 4.78 is 5.30. The number of aryl methyl sites for hydroxylation is 1. The molecule has 1 heterocycles. The predicted octanol–water partition coefficient (Wildman–Crippen LogP) is 7.37. The van der Waals surface area contributed by atoms with Crippen molar-refractivity contribution >= 4 is 11.6 Å². The van der Waals surface area contributed by atoms with Gasteiger partial charge in [0.05, 0.1) is 11.3 Å². The topological polar surface area (TPSA) is 96.0 Å². The van der Waals surface area contributed by atoms with Crippen LogP contribution in [-0.2, 0) is 16.1 Å². The lowest BCUT2D eigenvalue weighted by atomic mass is 9.31. The van der Waals surface area contributed by atoms with Crippen LogP contribution >= 0.6 is 0 Å². The third-order valence-corrected chi connectivity index (χ3v) is 14.1. The molecule has 6 heteroatoms. The molecule has 0 unspecified atom stereocenters. The first kappa shape index (κ1) is 29.8. The summed E-state index contributed by atoms with van der Waals surface area (Å²) in [6.07, 6.45) is 10.2. The van der Waals surface area contributed by atoms with Gasteiger partial charge in [-0.1, -0.05) is 59.7 Å². The van der Waals surface area contributed by atoms with E-state index in [2.05, 4.69) is 51.2 Å². The molecule has 4 saturated carbocycles. The van der Waals surface area contributed by atoms with Gasteiger partial charge < -0.3 is 9.84 Å². The zero-order chi connectivity index (χ0) is 30.5. The molecule has 1 N–H and O–H groups in total. The van der Waals surface area contributed by atoms with E-state index in [1.807, 2.05) is 32.9 Å². The van der Waals surface area contributed by atoms with Crippen molar-refractivity contribution in [2.24, 2.45) is 56.2 Å². The van der Waals surface area contributed by atoms with E-state index < -0.39 is 5.41 Å². The molecule has 5 aliphatic rings. The van der Waals surface area contributed by atoms with Crippen molar-refractivity contribution in [2.75, 3.05) is 6.54 Å². The molecule has 0 radical (unpaired) electrons. The zero-order valence-corrected chi connectivity index (χ0v) is 27.2. The van der Waals surface area contributed by atoms with Crippen molar-refractivity contribution in [3.63, 3.8) is 0 Å². The van der Waals surface area contributed by atoms with Crippen LogP contribution in [0, 0.1) is 74.4 Å². The third kappa shape index (κ3) is 4.01. The van der Waals surface area contributed by atoms with Gasteiger partial charge in [-0.3, -0.25) is 9.59 Å². The van der Waals surface area contributed by atoms with E-state index in [0.717, 1.165) is 56.5 Å². The zero-order valence-electron chi connectivity index (χ0n) is 27.2. The molecule has 0 bridgehead atoms. The molecule has 1 aromatic rings. The monoisotopic (exact) mass is 573 g/mol. The van der Waals surface area contributed by atoms with Crippen LogP contribution in [0.25, 0.3) is 0 Å². The number of ketones is 2. The van der Waals surface area contributed by atoms with Crippen molar-refractivity contribution in [2.45, 2.75) is 113 Å². The molecule has 8 atom stereocenters. The van der Waals surface area contributed by atoms with Crippen molar-refractivity contribution in [1.82, 2.24) is 10.5 Å². The maximum absolute atomic E-state index is 14.7. The van der Waals surface area contributed by atoms with Crippen LogP contribution in [0.2, 0.25) is 0 Å². The van der Waals surface area contributed by atoms with Gasteiger partial charge in [0.15, 0.2) is 5.78 Å². The van der Waals surface area contributed by atoms with Crippen molar-refractivity contribution in [1.29, 1.82) is 5.26 Å². The summed E-state index contributed by atoms with van der Waals surface area (Å²) in [5, 5.41) is 17.9. The minimum Gasteiger partial charge on any atom is -0.361 e. The minimum absolute atomic E-state index is 0.0255. The van der Waals surface area contributed by atoms with Crippen molar-refractivity contribution in [3.05, 3.63) is 29.2 Å². The highest BCUT2D eigenvalue weighted by molar-refractivity contribution is 6.04. The van der Waals surface area contributed by atoms with E-state index >= 15 is 0 Å². The Hall–Kier alpha value is -2.26. The number of nitrogens with one attached hydrogen (secondary N) is 1. The van der Waals surface area contributed by atoms with E-state index in [9.17, 15) is 14.9 Å². The normalized spacial score (nSPS) is 43.7. The number of hydrogen-bond donors (Lipinski definition) is 1. The Bertz CT molecular complexity index is 1380. The number of fused-ring (bicyclic) bond motifs is 7. The maximum Gasteiger partial charge on any atom is 0.178 e. The van der Waals surface area contributed by atoms with E-state index in [1.165, 1.54) is 6.42 Å². The Balaban J connectivity index is 1.37. The number of Topliss-reactive ketones (excluding diaryl/α,β-unsaturated/α-hetero) is 2. The number of nitrogens with zero attached hydrogens (tertiary/aromatic N) is 2. The summed E-state index contributed by atoms with van der Waals surface area (Å²) in [4.78, 5) is 28.1. The number of allylic oxidation sites excluding steroid dienone is 2. The summed E-state index contributed by atoms with van der Waals surface area (Å²) >= 11 is 0. The van der Waals surface area contributed by atoms with Gasteiger partial charge in [0.2, 0.25) is 0 Å². The van der Waals surface area contributed by atoms with Crippen LogP contribution in [0.3, 0.4) is 0 Å². The summed E-state index contributed by atoms with van der Waals surface area (Å²) in [6.45, 7) is 19.6. The lowest BCUT2D eigenvalue weighted by Gasteiger charge is -2.72. The Morgan fingerprint density at radius 1 is 1.00 bits per heavy atom. The Kier molecular flexibility index (Phi) is 6.65. The van der Waals surface area contributed by atoms with Gasteiger partial charge in [-0.25, -0.2) is 0 Å². The minimum atomic E-state index is -0.597. The quantitative estimate of drug-likeness (QED) is 0.404. The average molecular weight is 574 g/mol.